The van der Waals surface area contributed by atoms with Gasteiger partial charge in [-0.05, 0) is 27.3 Å². The van der Waals surface area contributed by atoms with E-state index >= 15 is 0 Å². The van der Waals surface area contributed by atoms with Crippen molar-refractivity contribution in [2.45, 2.75) is 39.8 Å². The van der Waals surface area contributed by atoms with Crippen molar-refractivity contribution in [2.24, 2.45) is 0 Å². The second-order valence-electron chi connectivity index (χ2n) is 6.15. The van der Waals surface area contributed by atoms with Crippen molar-refractivity contribution in [3.63, 3.8) is 0 Å². The fourth-order valence-corrected chi connectivity index (χ4v) is 2.13. The lowest BCUT2D eigenvalue weighted by Gasteiger charge is -2.32. The molecule has 5 heteroatoms. The average Bonchev–Trinajstić information content (AvgIpc) is 2.84. The van der Waals surface area contributed by atoms with Crippen LogP contribution in [0.3, 0.4) is 0 Å². The monoisotopic (exact) mass is 266 g/mol. The Morgan fingerprint density at radius 1 is 1.26 bits per heavy atom. The maximum absolute atomic E-state index is 5.59. The van der Waals surface area contributed by atoms with Crippen LogP contribution < -0.4 is 10.2 Å². The molecule has 5 nitrogen and oxygen atoms in total. The van der Waals surface area contributed by atoms with E-state index in [4.69, 9.17) is 4.42 Å². The summed E-state index contributed by atoms with van der Waals surface area (Å²) < 4.78 is 5.59. The van der Waals surface area contributed by atoms with Gasteiger partial charge in [0.1, 0.15) is 6.26 Å². The van der Waals surface area contributed by atoms with E-state index in [0.717, 1.165) is 51.0 Å². The van der Waals surface area contributed by atoms with Crippen molar-refractivity contribution in [2.75, 3.05) is 37.6 Å². The molecule has 0 aliphatic carbocycles. The zero-order valence-corrected chi connectivity index (χ0v) is 12.6. The highest BCUT2D eigenvalue weighted by Gasteiger charge is 2.20. The van der Waals surface area contributed by atoms with Crippen LogP contribution in [0.4, 0.5) is 6.01 Å². The van der Waals surface area contributed by atoms with E-state index in [9.17, 15) is 0 Å². The zero-order valence-electron chi connectivity index (χ0n) is 12.6. The summed E-state index contributed by atoms with van der Waals surface area (Å²) in [6, 6.07) is 0.765. The highest BCUT2D eigenvalue weighted by molar-refractivity contribution is 5.28. The average molecular weight is 266 g/mol. The highest BCUT2D eigenvalue weighted by Crippen LogP contribution is 2.16. The first-order valence-corrected chi connectivity index (χ1v) is 7.14. The first-order valence-electron chi connectivity index (χ1n) is 7.14. The summed E-state index contributed by atoms with van der Waals surface area (Å²) in [4.78, 5) is 9.24. The second kappa shape index (κ2) is 5.92. The fourth-order valence-electron chi connectivity index (χ4n) is 2.13. The van der Waals surface area contributed by atoms with Gasteiger partial charge in [0.05, 0.1) is 5.69 Å². The second-order valence-corrected chi connectivity index (χ2v) is 6.15. The standard InChI is InChI=1S/C14H26N4O/c1-5-17-6-8-18(9-7-17)13-16-12(11-19-13)10-15-14(2,3)4/h11,15H,5-10H2,1-4H3. The Morgan fingerprint density at radius 3 is 2.53 bits per heavy atom. The number of anilines is 1. The molecule has 2 heterocycles. The smallest absolute Gasteiger partial charge is 0.297 e. The Hall–Kier alpha value is -1.07. The van der Waals surface area contributed by atoms with Crippen LogP contribution in [0, 0.1) is 0 Å². The van der Waals surface area contributed by atoms with Gasteiger partial charge >= 0.3 is 0 Å². The first kappa shape index (κ1) is 14.3. The third kappa shape index (κ3) is 4.21. The molecule has 0 aromatic carbocycles. The molecule has 1 aliphatic rings. The molecule has 1 aliphatic heterocycles. The SMILES string of the molecule is CCN1CCN(c2nc(CNC(C)(C)C)co2)CC1. The minimum Gasteiger partial charge on any atom is -0.432 e. The number of nitrogens with one attached hydrogen (secondary N) is 1. The third-order valence-corrected chi connectivity index (χ3v) is 3.43. The van der Waals surface area contributed by atoms with Crippen LogP contribution >= 0.6 is 0 Å². The van der Waals surface area contributed by atoms with Gasteiger partial charge in [0.2, 0.25) is 0 Å². The molecule has 2 rings (SSSR count). The Labute approximate surface area is 116 Å². The van der Waals surface area contributed by atoms with E-state index in [1.54, 1.807) is 6.26 Å². The van der Waals surface area contributed by atoms with Crippen molar-refractivity contribution in [1.29, 1.82) is 0 Å². The van der Waals surface area contributed by atoms with Gasteiger partial charge in [-0.2, -0.15) is 4.98 Å². The predicted molar refractivity (Wildman–Crippen MR) is 77.4 cm³/mol. The molecule has 0 unspecified atom stereocenters. The highest BCUT2D eigenvalue weighted by atomic mass is 16.4. The van der Waals surface area contributed by atoms with E-state index < -0.39 is 0 Å². The van der Waals surface area contributed by atoms with Gasteiger partial charge in [-0.15, -0.1) is 0 Å². The largest absolute Gasteiger partial charge is 0.432 e. The molecule has 0 spiro atoms. The molecule has 108 valence electrons. The molecule has 1 aromatic rings. The van der Waals surface area contributed by atoms with Crippen molar-refractivity contribution >= 4 is 6.01 Å². The summed E-state index contributed by atoms with van der Waals surface area (Å²) in [7, 11) is 0. The van der Waals surface area contributed by atoms with Crippen molar-refractivity contribution in [3.05, 3.63) is 12.0 Å². The van der Waals surface area contributed by atoms with Gasteiger partial charge in [0, 0.05) is 38.3 Å². The molecule has 0 amide bonds. The fraction of sp³-hybridized carbons (Fsp3) is 0.786. The summed E-state index contributed by atoms with van der Waals surface area (Å²) in [5, 5.41) is 3.42. The van der Waals surface area contributed by atoms with Crippen molar-refractivity contribution in [1.82, 2.24) is 15.2 Å². The summed E-state index contributed by atoms with van der Waals surface area (Å²) in [6.45, 7) is 14.7. The third-order valence-electron chi connectivity index (χ3n) is 3.43. The molecular weight excluding hydrogens is 240 g/mol. The maximum Gasteiger partial charge on any atom is 0.297 e. The number of hydrogen-bond acceptors (Lipinski definition) is 5. The van der Waals surface area contributed by atoms with Crippen LogP contribution in [-0.4, -0.2) is 48.1 Å². The molecule has 1 fully saturated rings. The lowest BCUT2D eigenvalue weighted by atomic mass is 10.1. The molecule has 0 bridgehead atoms. The van der Waals surface area contributed by atoms with Crippen LogP contribution in [-0.2, 0) is 6.54 Å². The van der Waals surface area contributed by atoms with Gasteiger partial charge in [-0.1, -0.05) is 6.92 Å². The summed E-state index contributed by atoms with van der Waals surface area (Å²) in [5.74, 6) is 0. The molecule has 19 heavy (non-hydrogen) atoms. The molecule has 1 N–H and O–H groups in total. The molecule has 1 saturated heterocycles. The summed E-state index contributed by atoms with van der Waals surface area (Å²) in [5.41, 5.74) is 1.08. The van der Waals surface area contributed by atoms with E-state index in [-0.39, 0.29) is 5.54 Å². The van der Waals surface area contributed by atoms with E-state index in [0.29, 0.717) is 0 Å². The number of nitrogens with zero attached hydrogens (tertiary/aromatic N) is 3. The van der Waals surface area contributed by atoms with Crippen molar-refractivity contribution in [3.8, 4) is 0 Å². The number of piperazine rings is 1. The van der Waals surface area contributed by atoms with Gasteiger partial charge in [-0.3, -0.25) is 0 Å². The number of rotatable bonds is 4. The van der Waals surface area contributed by atoms with Crippen LogP contribution in [0.2, 0.25) is 0 Å². The van der Waals surface area contributed by atoms with Gasteiger partial charge in [0.25, 0.3) is 6.01 Å². The Bertz CT molecular complexity index is 388. The molecule has 0 saturated carbocycles. The van der Waals surface area contributed by atoms with E-state index in [2.05, 4.69) is 47.8 Å². The Morgan fingerprint density at radius 2 is 1.95 bits per heavy atom. The summed E-state index contributed by atoms with van der Waals surface area (Å²) in [6.07, 6.45) is 1.76. The quantitative estimate of drug-likeness (QED) is 0.898. The van der Waals surface area contributed by atoms with Gasteiger partial charge in [0.15, 0.2) is 0 Å². The van der Waals surface area contributed by atoms with Crippen LogP contribution in [0.15, 0.2) is 10.7 Å². The number of likely N-dealkylation sites (N-methyl/N-ethyl adjacent to an activating group) is 1. The molecule has 0 atom stereocenters. The minimum absolute atomic E-state index is 0.103. The Kier molecular flexibility index (Phi) is 4.47. The number of aromatic nitrogens is 1. The van der Waals surface area contributed by atoms with E-state index in [1.807, 2.05) is 0 Å². The number of oxazole rings is 1. The first-order chi connectivity index (χ1) is 8.98. The predicted octanol–water partition coefficient (Wildman–Crippen LogP) is 1.70. The van der Waals surface area contributed by atoms with Crippen LogP contribution in [0.25, 0.3) is 0 Å². The summed E-state index contributed by atoms with van der Waals surface area (Å²) >= 11 is 0. The topological polar surface area (TPSA) is 44.5 Å². The minimum atomic E-state index is 0.103. The lowest BCUT2D eigenvalue weighted by Crippen LogP contribution is -2.46. The van der Waals surface area contributed by atoms with Crippen LogP contribution in [0.1, 0.15) is 33.4 Å². The number of hydrogen-bond donors (Lipinski definition) is 1. The Balaban J connectivity index is 1.87. The zero-order chi connectivity index (χ0) is 13.9. The normalized spacial score (nSPS) is 18.0. The molecular formula is C14H26N4O. The van der Waals surface area contributed by atoms with Gasteiger partial charge < -0.3 is 19.5 Å². The van der Waals surface area contributed by atoms with E-state index in [1.165, 1.54) is 0 Å². The van der Waals surface area contributed by atoms with Gasteiger partial charge in [-0.25, -0.2) is 0 Å². The molecule has 0 radical (unpaired) electrons. The maximum atomic E-state index is 5.59. The van der Waals surface area contributed by atoms with Crippen LogP contribution in [0.5, 0.6) is 0 Å². The lowest BCUT2D eigenvalue weighted by molar-refractivity contribution is 0.265. The molecule has 1 aromatic heterocycles. The van der Waals surface area contributed by atoms with Crippen molar-refractivity contribution < 1.29 is 4.42 Å².